The molecule has 0 saturated heterocycles. The molecule has 18 heavy (non-hydrogen) atoms. The van der Waals surface area contributed by atoms with Crippen molar-refractivity contribution in [1.29, 1.82) is 0 Å². The summed E-state index contributed by atoms with van der Waals surface area (Å²) in [4.78, 5) is 1.87. The van der Waals surface area contributed by atoms with Crippen LogP contribution in [0.5, 0.6) is 0 Å². The predicted molar refractivity (Wildman–Crippen MR) is 70.9 cm³/mol. The number of nitrogens with two attached hydrogens (primary N) is 1. The summed E-state index contributed by atoms with van der Waals surface area (Å²) in [7, 11) is 1.90. The number of aryl methyl sites for hydroxylation is 1. The molecule has 1 aromatic heterocycles. The molecule has 0 aliphatic rings. The van der Waals surface area contributed by atoms with Gasteiger partial charge in [-0.2, -0.15) is 0 Å². The van der Waals surface area contributed by atoms with Gasteiger partial charge in [-0.1, -0.05) is 24.2 Å². The van der Waals surface area contributed by atoms with Gasteiger partial charge in [-0.05, 0) is 24.1 Å². The lowest BCUT2D eigenvalue weighted by Gasteiger charge is -2.14. The van der Waals surface area contributed by atoms with Crippen molar-refractivity contribution >= 4 is 11.7 Å². The summed E-state index contributed by atoms with van der Waals surface area (Å²) in [6, 6.07) is 8.78. The Morgan fingerprint density at radius 2 is 1.94 bits per heavy atom. The third kappa shape index (κ3) is 2.68. The topological polar surface area (TPSA) is 68.2 Å². The van der Waals surface area contributed by atoms with E-state index in [4.69, 9.17) is 10.2 Å². The molecule has 1 aromatic carbocycles. The first-order valence-corrected chi connectivity index (χ1v) is 6.09. The SMILES string of the molecule is CCc1ccc(N(C)c2nnc(CCN)o2)cc1. The van der Waals surface area contributed by atoms with Crippen LogP contribution < -0.4 is 10.6 Å². The van der Waals surface area contributed by atoms with Gasteiger partial charge in [-0.15, -0.1) is 5.10 Å². The highest BCUT2D eigenvalue weighted by Gasteiger charge is 2.11. The summed E-state index contributed by atoms with van der Waals surface area (Å²) in [5, 5.41) is 7.96. The van der Waals surface area contributed by atoms with Crippen molar-refractivity contribution in [2.24, 2.45) is 5.73 Å². The molecule has 0 aliphatic heterocycles. The summed E-state index contributed by atoms with van der Waals surface area (Å²) >= 11 is 0. The summed E-state index contributed by atoms with van der Waals surface area (Å²) in [5.41, 5.74) is 7.78. The highest BCUT2D eigenvalue weighted by Crippen LogP contribution is 2.22. The maximum atomic E-state index is 5.52. The maximum absolute atomic E-state index is 5.52. The molecule has 0 fully saturated rings. The number of aromatic nitrogens is 2. The number of hydrogen-bond acceptors (Lipinski definition) is 5. The van der Waals surface area contributed by atoms with Crippen molar-refractivity contribution in [2.45, 2.75) is 19.8 Å². The van der Waals surface area contributed by atoms with Crippen molar-refractivity contribution in [3.63, 3.8) is 0 Å². The van der Waals surface area contributed by atoms with E-state index in [9.17, 15) is 0 Å². The van der Waals surface area contributed by atoms with E-state index in [-0.39, 0.29) is 0 Å². The Hall–Kier alpha value is -1.88. The third-order valence-electron chi connectivity index (χ3n) is 2.83. The van der Waals surface area contributed by atoms with Gasteiger partial charge in [0.25, 0.3) is 0 Å². The van der Waals surface area contributed by atoms with E-state index in [1.165, 1.54) is 5.56 Å². The number of hydrogen-bond donors (Lipinski definition) is 1. The van der Waals surface area contributed by atoms with Crippen LogP contribution in [0.15, 0.2) is 28.7 Å². The quantitative estimate of drug-likeness (QED) is 0.872. The minimum Gasteiger partial charge on any atom is -0.408 e. The van der Waals surface area contributed by atoms with Gasteiger partial charge >= 0.3 is 6.01 Å². The molecule has 0 radical (unpaired) electrons. The van der Waals surface area contributed by atoms with E-state index in [1.807, 2.05) is 24.1 Å². The Morgan fingerprint density at radius 1 is 1.22 bits per heavy atom. The molecule has 0 bridgehead atoms. The Bertz CT molecular complexity index is 492. The van der Waals surface area contributed by atoms with Gasteiger partial charge in [-0.3, -0.25) is 4.90 Å². The van der Waals surface area contributed by atoms with Crippen LogP contribution in [0.3, 0.4) is 0 Å². The second kappa shape index (κ2) is 5.64. The Morgan fingerprint density at radius 3 is 2.56 bits per heavy atom. The van der Waals surface area contributed by atoms with Crippen LogP contribution in [-0.2, 0) is 12.8 Å². The number of benzene rings is 1. The molecule has 96 valence electrons. The zero-order chi connectivity index (χ0) is 13.0. The lowest BCUT2D eigenvalue weighted by molar-refractivity contribution is 0.499. The van der Waals surface area contributed by atoms with Crippen molar-refractivity contribution in [1.82, 2.24) is 10.2 Å². The molecule has 5 nitrogen and oxygen atoms in total. The van der Waals surface area contributed by atoms with E-state index in [0.717, 1.165) is 12.1 Å². The number of anilines is 2. The van der Waals surface area contributed by atoms with Crippen LogP contribution in [0.2, 0.25) is 0 Å². The first-order valence-electron chi connectivity index (χ1n) is 6.09. The van der Waals surface area contributed by atoms with E-state index in [1.54, 1.807) is 0 Å². The molecule has 0 amide bonds. The zero-order valence-electron chi connectivity index (χ0n) is 10.8. The third-order valence-corrected chi connectivity index (χ3v) is 2.83. The summed E-state index contributed by atoms with van der Waals surface area (Å²) < 4.78 is 5.52. The van der Waals surface area contributed by atoms with Crippen LogP contribution in [0.1, 0.15) is 18.4 Å². The van der Waals surface area contributed by atoms with Crippen LogP contribution >= 0.6 is 0 Å². The maximum Gasteiger partial charge on any atom is 0.322 e. The Kier molecular flexibility index (Phi) is 3.94. The lowest BCUT2D eigenvalue weighted by Crippen LogP contribution is -2.09. The smallest absolute Gasteiger partial charge is 0.322 e. The molecule has 0 spiro atoms. The van der Waals surface area contributed by atoms with Crippen molar-refractivity contribution in [3.05, 3.63) is 35.7 Å². The van der Waals surface area contributed by atoms with Gasteiger partial charge in [-0.25, -0.2) is 0 Å². The molecule has 2 rings (SSSR count). The fourth-order valence-corrected chi connectivity index (χ4v) is 1.67. The van der Waals surface area contributed by atoms with E-state index >= 15 is 0 Å². The first-order chi connectivity index (χ1) is 8.74. The second-order valence-corrected chi connectivity index (χ2v) is 4.10. The average molecular weight is 246 g/mol. The molecule has 2 aromatic rings. The number of rotatable bonds is 5. The van der Waals surface area contributed by atoms with Gasteiger partial charge in [0.2, 0.25) is 5.89 Å². The highest BCUT2D eigenvalue weighted by molar-refractivity contribution is 5.55. The first kappa shape index (κ1) is 12.6. The van der Waals surface area contributed by atoms with Crippen LogP contribution in [0.4, 0.5) is 11.7 Å². The molecule has 5 heteroatoms. The van der Waals surface area contributed by atoms with Crippen LogP contribution in [0.25, 0.3) is 0 Å². The Balaban J connectivity index is 2.15. The normalized spacial score (nSPS) is 10.6. The average Bonchev–Trinajstić information content (AvgIpc) is 2.87. The molecule has 0 aliphatic carbocycles. The van der Waals surface area contributed by atoms with Crippen LogP contribution in [-0.4, -0.2) is 23.8 Å². The molecule has 0 unspecified atom stereocenters. The van der Waals surface area contributed by atoms with Gasteiger partial charge < -0.3 is 10.2 Å². The molecule has 2 N–H and O–H groups in total. The predicted octanol–water partition coefficient (Wildman–Crippen LogP) is 1.90. The van der Waals surface area contributed by atoms with Crippen LogP contribution in [0, 0.1) is 0 Å². The highest BCUT2D eigenvalue weighted by atomic mass is 16.4. The lowest BCUT2D eigenvalue weighted by atomic mass is 10.1. The fourth-order valence-electron chi connectivity index (χ4n) is 1.67. The van der Waals surface area contributed by atoms with E-state index in [0.29, 0.717) is 24.9 Å². The minimum absolute atomic E-state index is 0.489. The fraction of sp³-hybridized carbons (Fsp3) is 0.385. The zero-order valence-corrected chi connectivity index (χ0v) is 10.8. The standard InChI is InChI=1S/C13H18N4O/c1-3-10-4-6-11(7-5-10)17(2)13-16-15-12(18-13)8-9-14/h4-7H,3,8-9,14H2,1-2H3. The molecular formula is C13H18N4O. The molecular weight excluding hydrogens is 228 g/mol. The van der Waals surface area contributed by atoms with Gasteiger partial charge in [0, 0.05) is 25.7 Å². The minimum atomic E-state index is 0.489. The van der Waals surface area contributed by atoms with E-state index in [2.05, 4.69) is 29.3 Å². The van der Waals surface area contributed by atoms with Gasteiger partial charge in [0.15, 0.2) is 0 Å². The molecule has 0 atom stereocenters. The monoisotopic (exact) mass is 246 g/mol. The molecule has 1 heterocycles. The largest absolute Gasteiger partial charge is 0.408 e. The van der Waals surface area contributed by atoms with Crippen molar-refractivity contribution in [2.75, 3.05) is 18.5 Å². The second-order valence-electron chi connectivity index (χ2n) is 4.10. The summed E-state index contributed by atoms with van der Waals surface area (Å²) in [6.07, 6.45) is 1.64. The van der Waals surface area contributed by atoms with E-state index < -0.39 is 0 Å². The van der Waals surface area contributed by atoms with Gasteiger partial charge in [0.1, 0.15) is 0 Å². The summed E-state index contributed by atoms with van der Waals surface area (Å²) in [6.45, 7) is 2.65. The van der Waals surface area contributed by atoms with Crippen molar-refractivity contribution in [3.8, 4) is 0 Å². The molecule has 0 saturated carbocycles. The number of nitrogens with zero attached hydrogens (tertiary/aromatic N) is 3. The summed E-state index contributed by atoms with van der Waals surface area (Å²) in [5.74, 6) is 0.574. The van der Waals surface area contributed by atoms with Crippen molar-refractivity contribution < 1.29 is 4.42 Å². The van der Waals surface area contributed by atoms with Gasteiger partial charge in [0.05, 0.1) is 0 Å². The Labute approximate surface area is 107 Å².